The third-order valence-corrected chi connectivity index (χ3v) is 9.40. The van der Waals surface area contributed by atoms with E-state index in [1.807, 2.05) is 38.1 Å². The Hall–Kier alpha value is -2.73. The Morgan fingerprint density at radius 2 is 1.51 bits per heavy atom. The van der Waals surface area contributed by atoms with Gasteiger partial charge in [0.1, 0.15) is 5.03 Å². The Balaban J connectivity index is 1.27. The summed E-state index contributed by atoms with van der Waals surface area (Å²) >= 11 is 1.38. The molecule has 2 saturated heterocycles. The summed E-state index contributed by atoms with van der Waals surface area (Å²) in [6.45, 7) is 6.78. The van der Waals surface area contributed by atoms with E-state index in [0.29, 0.717) is 26.2 Å². The predicted molar refractivity (Wildman–Crippen MR) is 144 cm³/mol. The Morgan fingerprint density at radius 3 is 2.16 bits per heavy atom. The number of para-hydroxylation sites is 2. The van der Waals surface area contributed by atoms with Gasteiger partial charge in [-0.15, -0.1) is 0 Å². The molecule has 0 aliphatic carbocycles. The number of fused-ring (bicyclic) bond motifs is 1. The van der Waals surface area contributed by atoms with E-state index in [1.165, 1.54) is 16.1 Å². The van der Waals surface area contributed by atoms with Crippen LogP contribution in [-0.2, 0) is 19.6 Å². The van der Waals surface area contributed by atoms with E-state index in [2.05, 4.69) is 4.90 Å². The first-order valence-corrected chi connectivity index (χ1v) is 14.9. The summed E-state index contributed by atoms with van der Waals surface area (Å²) in [4.78, 5) is 27.1. The van der Waals surface area contributed by atoms with Crippen molar-refractivity contribution in [3.8, 4) is 0 Å². The molecular weight excluding hydrogens is 510 g/mol. The second-order valence-electron chi connectivity index (χ2n) is 9.39. The number of ether oxygens (including phenoxy) is 1. The molecule has 0 bridgehead atoms. The minimum Gasteiger partial charge on any atom is -0.372 e. The number of anilines is 1. The van der Waals surface area contributed by atoms with E-state index in [-0.39, 0.29) is 41.9 Å². The van der Waals surface area contributed by atoms with Crippen LogP contribution in [0.2, 0.25) is 0 Å². The van der Waals surface area contributed by atoms with Crippen LogP contribution in [0.3, 0.4) is 0 Å². The molecule has 196 valence electrons. The summed E-state index contributed by atoms with van der Waals surface area (Å²) in [5.41, 5.74) is 1.60. The fraction of sp³-hybridized carbons (Fsp3) is 0.423. The molecule has 9 nitrogen and oxygen atoms in total. The number of aromatic nitrogens is 2. The van der Waals surface area contributed by atoms with E-state index in [4.69, 9.17) is 14.7 Å². The van der Waals surface area contributed by atoms with E-state index >= 15 is 0 Å². The number of morpholine rings is 1. The van der Waals surface area contributed by atoms with Crippen LogP contribution in [-0.4, -0.2) is 90.7 Å². The molecule has 11 heteroatoms. The van der Waals surface area contributed by atoms with Crippen LogP contribution in [0.5, 0.6) is 0 Å². The van der Waals surface area contributed by atoms with Gasteiger partial charge in [0.25, 0.3) is 0 Å². The highest BCUT2D eigenvalue weighted by Gasteiger charge is 2.31. The van der Waals surface area contributed by atoms with Crippen molar-refractivity contribution < 1.29 is 17.9 Å². The molecule has 37 heavy (non-hydrogen) atoms. The minimum absolute atomic E-state index is 0.0358. The molecule has 3 aromatic rings. The zero-order chi connectivity index (χ0) is 26.0. The van der Waals surface area contributed by atoms with Gasteiger partial charge >= 0.3 is 0 Å². The van der Waals surface area contributed by atoms with Crippen molar-refractivity contribution in [1.29, 1.82) is 0 Å². The Labute approximate surface area is 221 Å². The average Bonchev–Trinajstić information content (AvgIpc) is 2.91. The molecule has 0 N–H and O–H groups in total. The second kappa shape index (κ2) is 10.9. The fourth-order valence-corrected chi connectivity index (χ4v) is 7.12. The summed E-state index contributed by atoms with van der Waals surface area (Å²) < 4.78 is 33.2. The van der Waals surface area contributed by atoms with Gasteiger partial charge in [-0.25, -0.2) is 18.4 Å². The van der Waals surface area contributed by atoms with Crippen molar-refractivity contribution in [2.75, 3.05) is 49.9 Å². The standard InChI is InChI=1S/C26H31N5O4S2/c1-19-16-30(17-20(2)35-19)25-26(28-23-11-7-6-10-22(23)27-25)36-18-24(32)29-12-14-31(15-13-29)37(33,34)21-8-4-3-5-9-21/h3-11,19-20H,12-18H2,1-2H3/t19-,20-/m1/s1. The SMILES string of the molecule is C[C@@H]1CN(c2nc3ccccc3nc2SCC(=O)N2CCN(S(=O)(=O)c3ccccc3)CC2)C[C@@H](C)O1. The monoisotopic (exact) mass is 541 g/mol. The second-order valence-corrected chi connectivity index (χ2v) is 12.3. The molecule has 0 radical (unpaired) electrons. The van der Waals surface area contributed by atoms with E-state index in [1.54, 1.807) is 35.2 Å². The van der Waals surface area contributed by atoms with Crippen LogP contribution in [0, 0.1) is 0 Å². The normalized spacial score (nSPS) is 21.4. The number of carbonyl (C=O) groups is 1. The predicted octanol–water partition coefficient (Wildman–Crippen LogP) is 2.87. The van der Waals surface area contributed by atoms with Gasteiger partial charge in [0, 0.05) is 39.3 Å². The highest BCUT2D eigenvalue weighted by Crippen LogP contribution is 2.31. The Kier molecular flexibility index (Phi) is 7.66. The molecular formula is C26H31N5O4S2. The number of sulfonamides is 1. The molecule has 5 rings (SSSR count). The maximum absolute atomic E-state index is 13.1. The van der Waals surface area contributed by atoms with Crippen LogP contribution in [0.4, 0.5) is 5.82 Å². The van der Waals surface area contributed by atoms with Gasteiger partial charge in [0.2, 0.25) is 15.9 Å². The number of thioether (sulfide) groups is 1. The van der Waals surface area contributed by atoms with Gasteiger partial charge < -0.3 is 14.5 Å². The number of carbonyl (C=O) groups excluding carboxylic acids is 1. The first-order chi connectivity index (χ1) is 17.8. The summed E-state index contributed by atoms with van der Waals surface area (Å²) in [6, 6.07) is 16.2. The largest absolute Gasteiger partial charge is 0.372 e. The van der Waals surface area contributed by atoms with Gasteiger partial charge in [-0.2, -0.15) is 4.31 Å². The number of hydrogen-bond donors (Lipinski definition) is 0. The number of hydrogen-bond acceptors (Lipinski definition) is 8. The molecule has 2 aliphatic heterocycles. The quantitative estimate of drug-likeness (QED) is 0.440. The van der Waals surface area contributed by atoms with Crippen molar-refractivity contribution in [3.63, 3.8) is 0 Å². The highest BCUT2D eigenvalue weighted by molar-refractivity contribution is 8.00. The molecule has 2 aromatic carbocycles. The maximum atomic E-state index is 13.1. The van der Waals surface area contributed by atoms with E-state index in [9.17, 15) is 13.2 Å². The molecule has 0 unspecified atom stereocenters. The van der Waals surface area contributed by atoms with Crippen LogP contribution >= 0.6 is 11.8 Å². The van der Waals surface area contributed by atoms with Crippen molar-refractivity contribution in [2.45, 2.75) is 36.0 Å². The zero-order valence-electron chi connectivity index (χ0n) is 21.0. The average molecular weight is 542 g/mol. The van der Waals surface area contributed by atoms with Gasteiger partial charge in [-0.05, 0) is 38.1 Å². The fourth-order valence-electron chi connectivity index (χ4n) is 4.77. The molecule has 1 aromatic heterocycles. The van der Waals surface area contributed by atoms with Crippen molar-refractivity contribution in [3.05, 3.63) is 54.6 Å². The first kappa shape index (κ1) is 25.9. The van der Waals surface area contributed by atoms with Crippen LogP contribution in [0.25, 0.3) is 11.0 Å². The smallest absolute Gasteiger partial charge is 0.243 e. The topological polar surface area (TPSA) is 95.9 Å². The third kappa shape index (κ3) is 5.74. The number of amides is 1. The third-order valence-electron chi connectivity index (χ3n) is 6.55. The summed E-state index contributed by atoms with van der Waals surface area (Å²) in [5, 5.41) is 0.721. The number of nitrogens with zero attached hydrogens (tertiary/aromatic N) is 5. The van der Waals surface area contributed by atoms with Crippen molar-refractivity contribution >= 4 is 44.5 Å². The lowest BCUT2D eigenvalue weighted by Gasteiger charge is -2.36. The van der Waals surface area contributed by atoms with Crippen LogP contribution in [0.15, 0.2) is 64.5 Å². The first-order valence-electron chi connectivity index (χ1n) is 12.4. The van der Waals surface area contributed by atoms with Gasteiger partial charge in [-0.1, -0.05) is 42.1 Å². The Bertz CT molecular complexity index is 1350. The lowest BCUT2D eigenvalue weighted by molar-refractivity contribution is -0.129. The number of benzene rings is 2. The minimum atomic E-state index is -3.56. The Morgan fingerprint density at radius 1 is 0.919 bits per heavy atom. The van der Waals surface area contributed by atoms with Crippen LogP contribution < -0.4 is 4.90 Å². The van der Waals surface area contributed by atoms with Gasteiger partial charge in [-0.3, -0.25) is 4.79 Å². The van der Waals surface area contributed by atoms with Crippen molar-refractivity contribution in [2.24, 2.45) is 0 Å². The lowest BCUT2D eigenvalue weighted by atomic mass is 10.2. The summed E-state index contributed by atoms with van der Waals surface area (Å²) in [7, 11) is -3.56. The molecule has 0 saturated carbocycles. The number of rotatable bonds is 6. The molecule has 2 fully saturated rings. The number of piperazine rings is 1. The van der Waals surface area contributed by atoms with Crippen molar-refractivity contribution in [1.82, 2.24) is 19.2 Å². The molecule has 0 spiro atoms. The summed E-state index contributed by atoms with van der Waals surface area (Å²) in [5.74, 6) is 0.949. The van der Waals surface area contributed by atoms with E-state index in [0.717, 1.165) is 21.9 Å². The maximum Gasteiger partial charge on any atom is 0.243 e. The van der Waals surface area contributed by atoms with Gasteiger partial charge in [0.05, 0.1) is 33.9 Å². The highest BCUT2D eigenvalue weighted by atomic mass is 32.2. The lowest BCUT2D eigenvalue weighted by Crippen LogP contribution is -2.51. The molecule has 3 heterocycles. The van der Waals surface area contributed by atoms with Crippen LogP contribution in [0.1, 0.15) is 13.8 Å². The summed E-state index contributed by atoms with van der Waals surface area (Å²) in [6.07, 6.45) is 0.139. The van der Waals surface area contributed by atoms with E-state index < -0.39 is 10.0 Å². The molecule has 2 aliphatic rings. The molecule has 1 amide bonds. The zero-order valence-corrected chi connectivity index (χ0v) is 22.6. The van der Waals surface area contributed by atoms with Gasteiger partial charge in [0.15, 0.2) is 5.82 Å². The molecule has 2 atom stereocenters.